The molecule has 1 saturated heterocycles. The zero-order chi connectivity index (χ0) is 12.6. The van der Waals surface area contributed by atoms with Crippen LogP contribution in [0.1, 0.15) is 18.9 Å². The molecule has 2 rings (SSSR count). The standard InChI is InChI=1S/C12H12BrFN2O/c1-12(17)4-5-16(7-12)9-3-2-8(6-15)10(13)11(9)14/h2-3,17H,4-5,7H2,1H3. The molecule has 1 aliphatic rings. The molecule has 1 aliphatic heterocycles. The highest BCUT2D eigenvalue weighted by Gasteiger charge is 2.33. The van der Waals surface area contributed by atoms with E-state index in [1.54, 1.807) is 24.0 Å². The van der Waals surface area contributed by atoms with Crippen LogP contribution in [0.5, 0.6) is 0 Å². The minimum Gasteiger partial charge on any atom is -0.388 e. The highest BCUT2D eigenvalue weighted by atomic mass is 79.9. The Balaban J connectivity index is 2.36. The van der Waals surface area contributed by atoms with E-state index in [0.717, 1.165) is 0 Å². The molecule has 0 bridgehead atoms. The third kappa shape index (κ3) is 2.28. The van der Waals surface area contributed by atoms with Gasteiger partial charge in [-0.15, -0.1) is 0 Å². The van der Waals surface area contributed by atoms with Gasteiger partial charge >= 0.3 is 0 Å². The first kappa shape index (κ1) is 12.3. The Hall–Kier alpha value is -1.12. The first-order valence-electron chi connectivity index (χ1n) is 5.30. The van der Waals surface area contributed by atoms with Gasteiger partial charge in [0.2, 0.25) is 0 Å². The van der Waals surface area contributed by atoms with E-state index in [0.29, 0.717) is 25.2 Å². The summed E-state index contributed by atoms with van der Waals surface area (Å²) in [5, 5.41) is 18.6. The molecule has 1 atom stereocenters. The van der Waals surface area contributed by atoms with Crippen LogP contribution in [0.4, 0.5) is 10.1 Å². The van der Waals surface area contributed by atoms with Crippen molar-refractivity contribution in [3.63, 3.8) is 0 Å². The van der Waals surface area contributed by atoms with Gasteiger partial charge in [0.25, 0.3) is 0 Å². The lowest BCUT2D eigenvalue weighted by molar-refractivity contribution is 0.0839. The van der Waals surface area contributed by atoms with Crippen molar-refractivity contribution in [1.82, 2.24) is 0 Å². The molecule has 1 aromatic rings. The third-order valence-electron chi connectivity index (χ3n) is 2.97. The van der Waals surface area contributed by atoms with Crippen LogP contribution in [0.2, 0.25) is 0 Å². The summed E-state index contributed by atoms with van der Waals surface area (Å²) in [5.41, 5.74) is -0.0711. The number of hydrogen-bond donors (Lipinski definition) is 1. The second kappa shape index (κ2) is 4.28. The Bertz CT molecular complexity index is 496. The fourth-order valence-electron chi connectivity index (χ4n) is 2.02. The van der Waals surface area contributed by atoms with Crippen molar-refractivity contribution in [2.45, 2.75) is 18.9 Å². The van der Waals surface area contributed by atoms with E-state index in [-0.39, 0.29) is 10.0 Å². The maximum Gasteiger partial charge on any atom is 0.161 e. The molecule has 0 spiro atoms. The van der Waals surface area contributed by atoms with Crippen LogP contribution in [-0.2, 0) is 0 Å². The molecule has 1 heterocycles. The van der Waals surface area contributed by atoms with Gasteiger partial charge in [-0.1, -0.05) is 0 Å². The third-order valence-corrected chi connectivity index (χ3v) is 3.75. The molecule has 1 unspecified atom stereocenters. The fraction of sp³-hybridized carbons (Fsp3) is 0.417. The molecule has 5 heteroatoms. The molecule has 0 saturated carbocycles. The van der Waals surface area contributed by atoms with Crippen molar-refractivity contribution in [3.8, 4) is 6.07 Å². The molecule has 0 aromatic heterocycles. The predicted molar refractivity (Wildman–Crippen MR) is 66.3 cm³/mol. The van der Waals surface area contributed by atoms with E-state index in [4.69, 9.17) is 5.26 Å². The number of aliphatic hydroxyl groups is 1. The lowest BCUT2D eigenvalue weighted by Gasteiger charge is -2.21. The number of nitriles is 1. The normalized spacial score (nSPS) is 23.8. The molecule has 0 aliphatic carbocycles. The zero-order valence-electron chi connectivity index (χ0n) is 9.37. The van der Waals surface area contributed by atoms with Crippen molar-refractivity contribution < 1.29 is 9.50 Å². The van der Waals surface area contributed by atoms with E-state index >= 15 is 0 Å². The maximum atomic E-state index is 14.0. The lowest BCUT2D eigenvalue weighted by Crippen LogP contribution is -2.30. The maximum absolute atomic E-state index is 14.0. The molecule has 1 fully saturated rings. The average molecular weight is 299 g/mol. The molecule has 1 N–H and O–H groups in total. The van der Waals surface area contributed by atoms with Gasteiger partial charge in [0.15, 0.2) is 5.82 Å². The van der Waals surface area contributed by atoms with Crippen molar-refractivity contribution >= 4 is 21.6 Å². The second-order valence-corrected chi connectivity index (χ2v) is 5.33. The van der Waals surface area contributed by atoms with Crippen LogP contribution in [0.15, 0.2) is 16.6 Å². The highest BCUT2D eigenvalue weighted by Crippen LogP contribution is 2.33. The predicted octanol–water partition coefficient (Wildman–Crippen LogP) is 2.42. The summed E-state index contributed by atoms with van der Waals surface area (Å²) in [6.45, 7) is 2.76. The van der Waals surface area contributed by atoms with Crippen LogP contribution in [-0.4, -0.2) is 23.8 Å². The Labute approximate surface area is 108 Å². The van der Waals surface area contributed by atoms with E-state index in [2.05, 4.69) is 15.9 Å². The largest absolute Gasteiger partial charge is 0.388 e. The lowest BCUT2D eigenvalue weighted by atomic mass is 10.1. The minimum atomic E-state index is -0.771. The van der Waals surface area contributed by atoms with Gasteiger partial charge in [0.05, 0.1) is 21.3 Å². The van der Waals surface area contributed by atoms with Crippen molar-refractivity contribution in [3.05, 3.63) is 28.0 Å². The number of nitrogens with zero attached hydrogens (tertiary/aromatic N) is 2. The van der Waals surface area contributed by atoms with Crippen molar-refractivity contribution in [1.29, 1.82) is 5.26 Å². The molecule has 1 aromatic carbocycles. The van der Waals surface area contributed by atoms with Crippen molar-refractivity contribution in [2.75, 3.05) is 18.0 Å². The van der Waals surface area contributed by atoms with Gasteiger partial charge in [-0.2, -0.15) is 5.26 Å². The average Bonchev–Trinajstić information content (AvgIpc) is 2.63. The van der Waals surface area contributed by atoms with Crippen LogP contribution >= 0.6 is 15.9 Å². The van der Waals surface area contributed by atoms with E-state index in [9.17, 15) is 9.50 Å². The Morgan fingerprint density at radius 3 is 2.82 bits per heavy atom. The van der Waals surface area contributed by atoms with Gasteiger partial charge < -0.3 is 10.0 Å². The van der Waals surface area contributed by atoms with Gasteiger partial charge in [-0.3, -0.25) is 0 Å². The zero-order valence-corrected chi connectivity index (χ0v) is 11.0. The highest BCUT2D eigenvalue weighted by molar-refractivity contribution is 9.10. The molecule has 90 valence electrons. The number of β-amino-alcohol motifs (C(OH)–C–C–N with tert-alkyl or cyclic N) is 1. The number of hydrogen-bond acceptors (Lipinski definition) is 3. The molecular formula is C12H12BrFN2O. The molecular weight excluding hydrogens is 287 g/mol. The van der Waals surface area contributed by atoms with Crippen LogP contribution in [0.25, 0.3) is 0 Å². The first-order chi connectivity index (χ1) is 7.94. The second-order valence-electron chi connectivity index (χ2n) is 4.54. The summed E-state index contributed by atoms with van der Waals surface area (Å²) < 4.78 is 14.2. The molecule has 0 amide bonds. The van der Waals surface area contributed by atoms with Gasteiger partial charge in [0, 0.05) is 13.1 Å². The van der Waals surface area contributed by atoms with Gasteiger partial charge in [0.1, 0.15) is 6.07 Å². The monoisotopic (exact) mass is 298 g/mol. The van der Waals surface area contributed by atoms with Crippen LogP contribution < -0.4 is 4.90 Å². The first-order valence-corrected chi connectivity index (χ1v) is 6.09. The quantitative estimate of drug-likeness (QED) is 0.866. The summed E-state index contributed by atoms with van der Waals surface area (Å²) in [5.74, 6) is -0.443. The summed E-state index contributed by atoms with van der Waals surface area (Å²) in [6.07, 6.45) is 0.615. The number of benzene rings is 1. The van der Waals surface area contributed by atoms with E-state index in [1.807, 2.05) is 6.07 Å². The van der Waals surface area contributed by atoms with Crippen LogP contribution in [0, 0.1) is 17.1 Å². The SMILES string of the molecule is CC1(O)CCN(c2ccc(C#N)c(Br)c2F)C1. The number of rotatable bonds is 1. The summed E-state index contributed by atoms with van der Waals surface area (Å²) in [4.78, 5) is 1.79. The van der Waals surface area contributed by atoms with E-state index in [1.165, 1.54) is 0 Å². The van der Waals surface area contributed by atoms with Crippen molar-refractivity contribution in [2.24, 2.45) is 0 Å². The van der Waals surface area contributed by atoms with Crippen LogP contribution in [0.3, 0.4) is 0 Å². The topological polar surface area (TPSA) is 47.3 Å². The summed E-state index contributed by atoms with van der Waals surface area (Å²) >= 11 is 3.08. The molecule has 3 nitrogen and oxygen atoms in total. The van der Waals surface area contributed by atoms with E-state index < -0.39 is 11.4 Å². The molecule has 17 heavy (non-hydrogen) atoms. The fourth-order valence-corrected chi connectivity index (χ4v) is 2.44. The molecule has 0 radical (unpaired) electrons. The number of halogens is 2. The smallest absolute Gasteiger partial charge is 0.161 e. The number of anilines is 1. The van der Waals surface area contributed by atoms with Gasteiger partial charge in [-0.05, 0) is 41.4 Å². The van der Waals surface area contributed by atoms with Gasteiger partial charge in [-0.25, -0.2) is 4.39 Å². The minimum absolute atomic E-state index is 0.184. The summed E-state index contributed by atoms with van der Waals surface area (Å²) in [6, 6.07) is 5.08. The Kier molecular flexibility index (Phi) is 3.11. The Morgan fingerprint density at radius 1 is 1.59 bits per heavy atom. The summed E-state index contributed by atoms with van der Waals surface area (Å²) in [7, 11) is 0. The Morgan fingerprint density at radius 2 is 2.29 bits per heavy atom.